The first-order chi connectivity index (χ1) is 9.88. The Morgan fingerprint density at radius 1 is 1.10 bits per heavy atom. The molecular formula is C15H16N2O3S. The van der Waals surface area contributed by atoms with Gasteiger partial charge in [-0.15, -0.1) is 0 Å². The molecule has 0 radical (unpaired) electrons. The number of aromatic hydroxyl groups is 2. The zero-order valence-electron chi connectivity index (χ0n) is 12.0. The van der Waals surface area contributed by atoms with Gasteiger partial charge >= 0.3 is 0 Å². The van der Waals surface area contributed by atoms with Crippen LogP contribution in [-0.4, -0.2) is 31.7 Å². The van der Waals surface area contributed by atoms with Crippen LogP contribution < -0.4 is 0 Å². The van der Waals surface area contributed by atoms with Crippen molar-refractivity contribution in [2.45, 2.75) is 25.9 Å². The summed E-state index contributed by atoms with van der Waals surface area (Å²) in [5.74, 6) is -0.530. The summed E-state index contributed by atoms with van der Waals surface area (Å²) in [5, 5.41) is 19.2. The van der Waals surface area contributed by atoms with E-state index in [1.54, 1.807) is 0 Å². The number of thioether (sulfide) groups is 1. The first kappa shape index (κ1) is 15.3. The Hall–Kier alpha value is -2.08. The first-order valence-electron chi connectivity index (χ1n) is 6.38. The van der Waals surface area contributed by atoms with Crippen molar-refractivity contribution in [2.75, 3.05) is 5.75 Å². The molecule has 0 saturated carbocycles. The summed E-state index contributed by atoms with van der Waals surface area (Å²) in [7, 11) is 0. The second-order valence-electron chi connectivity index (χ2n) is 4.72. The molecule has 0 bridgehead atoms. The number of carbonyl (C=O) groups excluding carboxylic acids is 1. The van der Waals surface area contributed by atoms with E-state index in [0.717, 1.165) is 17.0 Å². The predicted molar refractivity (Wildman–Crippen MR) is 81.1 cm³/mol. The highest BCUT2D eigenvalue weighted by Crippen LogP contribution is 2.26. The van der Waals surface area contributed by atoms with Crippen molar-refractivity contribution in [3.63, 3.8) is 0 Å². The van der Waals surface area contributed by atoms with Gasteiger partial charge in [-0.25, -0.2) is 9.97 Å². The zero-order chi connectivity index (χ0) is 15.6. The Morgan fingerprint density at radius 3 is 2.29 bits per heavy atom. The van der Waals surface area contributed by atoms with E-state index in [1.807, 2.05) is 20.8 Å². The number of nitrogens with zero attached hydrogens (tertiary/aromatic N) is 2. The van der Waals surface area contributed by atoms with Crippen LogP contribution in [0, 0.1) is 20.8 Å². The van der Waals surface area contributed by atoms with E-state index in [-0.39, 0.29) is 23.0 Å². The van der Waals surface area contributed by atoms with Crippen LogP contribution in [0.1, 0.15) is 27.3 Å². The maximum absolute atomic E-state index is 12.0. The van der Waals surface area contributed by atoms with Crippen molar-refractivity contribution < 1.29 is 15.0 Å². The lowest BCUT2D eigenvalue weighted by Crippen LogP contribution is -2.04. The third-order valence-electron chi connectivity index (χ3n) is 3.24. The molecule has 0 atom stereocenters. The van der Waals surface area contributed by atoms with Crippen LogP contribution in [0.2, 0.25) is 0 Å². The molecule has 1 heterocycles. The molecule has 0 unspecified atom stereocenters. The highest BCUT2D eigenvalue weighted by Gasteiger charge is 2.12. The Bertz CT molecular complexity index is 678. The van der Waals surface area contributed by atoms with Crippen molar-refractivity contribution >= 4 is 17.5 Å². The van der Waals surface area contributed by atoms with Crippen LogP contribution >= 0.6 is 11.8 Å². The number of phenolic OH excluding ortho intramolecular Hbond substituents is 2. The predicted octanol–water partition coefficient (Wildman–Crippen LogP) is 2.79. The number of hydrogen-bond acceptors (Lipinski definition) is 6. The normalized spacial score (nSPS) is 10.6. The number of Topliss-reactive ketones (excluding diaryl/α,β-unsaturated/α-hetero) is 1. The van der Waals surface area contributed by atoms with Gasteiger partial charge in [0.15, 0.2) is 22.4 Å². The molecule has 0 aliphatic rings. The number of ketones is 1. The molecule has 0 fully saturated rings. The summed E-state index contributed by atoms with van der Waals surface area (Å²) in [6, 6.07) is 4.03. The fourth-order valence-corrected chi connectivity index (χ4v) is 2.55. The minimum absolute atomic E-state index is 0.158. The largest absolute Gasteiger partial charge is 0.504 e. The first-order valence-corrected chi connectivity index (χ1v) is 7.37. The molecule has 2 aromatic rings. The third-order valence-corrected chi connectivity index (χ3v) is 4.09. The molecule has 6 heteroatoms. The van der Waals surface area contributed by atoms with Crippen LogP contribution in [0.5, 0.6) is 11.5 Å². The second-order valence-corrected chi connectivity index (χ2v) is 5.66. The van der Waals surface area contributed by atoms with Crippen molar-refractivity contribution in [1.82, 2.24) is 9.97 Å². The quantitative estimate of drug-likeness (QED) is 0.391. The summed E-state index contributed by atoms with van der Waals surface area (Å²) in [6.07, 6.45) is 0. The van der Waals surface area contributed by atoms with Crippen molar-refractivity contribution in [1.29, 1.82) is 0 Å². The molecule has 110 valence electrons. The van der Waals surface area contributed by atoms with Gasteiger partial charge in [0, 0.05) is 17.0 Å². The molecular weight excluding hydrogens is 288 g/mol. The van der Waals surface area contributed by atoms with Gasteiger partial charge in [-0.2, -0.15) is 0 Å². The summed E-state index contributed by atoms with van der Waals surface area (Å²) < 4.78 is 0. The Morgan fingerprint density at radius 2 is 1.71 bits per heavy atom. The van der Waals surface area contributed by atoms with Gasteiger partial charge in [0.1, 0.15) is 0 Å². The highest BCUT2D eigenvalue weighted by molar-refractivity contribution is 7.99. The minimum Gasteiger partial charge on any atom is -0.504 e. The monoisotopic (exact) mass is 304 g/mol. The lowest BCUT2D eigenvalue weighted by Gasteiger charge is -2.06. The van der Waals surface area contributed by atoms with Crippen LogP contribution in [-0.2, 0) is 0 Å². The standard InChI is InChI=1S/C15H16N2O3S/c1-8-9(2)16-15(17-10(8)3)21-7-14(20)11-4-5-12(18)13(19)6-11/h4-6,18-19H,7H2,1-3H3. The number of carbonyl (C=O) groups is 1. The van der Waals surface area contributed by atoms with Crippen molar-refractivity contribution in [3.05, 3.63) is 40.7 Å². The van der Waals surface area contributed by atoms with E-state index >= 15 is 0 Å². The molecule has 1 aromatic heterocycles. The maximum atomic E-state index is 12.0. The van der Waals surface area contributed by atoms with Gasteiger partial charge in [0.25, 0.3) is 0 Å². The van der Waals surface area contributed by atoms with Crippen LogP contribution in [0.3, 0.4) is 0 Å². The zero-order valence-corrected chi connectivity index (χ0v) is 12.9. The number of hydrogen-bond donors (Lipinski definition) is 2. The summed E-state index contributed by atoms with van der Waals surface area (Å²) in [5.41, 5.74) is 3.20. The highest BCUT2D eigenvalue weighted by atomic mass is 32.2. The molecule has 1 aromatic carbocycles. The van der Waals surface area contributed by atoms with Crippen molar-refractivity contribution in [2.24, 2.45) is 0 Å². The Kier molecular flexibility index (Phi) is 4.47. The molecule has 0 aliphatic heterocycles. The number of aromatic nitrogens is 2. The summed E-state index contributed by atoms with van der Waals surface area (Å²) >= 11 is 1.25. The molecule has 0 amide bonds. The summed E-state index contributed by atoms with van der Waals surface area (Å²) in [6.45, 7) is 5.78. The third kappa shape index (κ3) is 3.52. The second kappa shape index (κ2) is 6.13. The van der Waals surface area contributed by atoms with Gasteiger partial charge in [-0.05, 0) is 44.5 Å². The van der Waals surface area contributed by atoms with Gasteiger partial charge in [-0.1, -0.05) is 11.8 Å². The molecule has 0 aliphatic carbocycles. The van der Waals surface area contributed by atoms with E-state index < -0.39 is 0 Å². The van der Waals surface area contributed by atoms with Gasteiger partial charge < -0.3 is 10.2 Å². The molecule has 0 spiro atoms. The van der Waals surface area contributed by atoms with E-state index in [4.69, 9.17) is 0 Å². The number of rotatable bonds is 4. The van der Waals surface area contributed by atoms with Gasteiger partial charge in [0.2, 0.25) is 0 Å². The average molecular weight is 304 g/mol. The number of benzene rings is 1. The van der Waals surface area contributed by atoms with E-state index in [1.165, 1.54) is 30.0 Å². The molecule has 0 saturated heterocycles. The average Bonchev–Trinajstić information content (AvgIpc) is 2.44. The molecule has 5 nitrogen and oxygen atoms in total. The van der Waals surface area contributed by atoms with Crippen LogP contribution in [0.15, 0.2) is 23.4 Å². The Labute approximate surface area is 127 Å². The van der Waals surface area contributed by atoms with Gasteiger partial charge in [-0.3, -0.25) is 4.79 Å². The number of aryl methyl sites for hydroxylation is 2. The molecule has 2 N–H and O–H groups in total. The Balaban J connectivity index is 2.09. The van der Waals surface area contributed by atoms with Crippen molar-refractivity contribution in [3.8, 4) is 11.5 Å². The molecule has 21 heavy (non-hydrogen) atoms. The fraction of sp³-hybridized carbons (Fsp3) is 0.267. The SMILES string of the molecule is Cc1nc(SCC(=O)c2ccc(O)c(O)c2)nc(C)c1C. The number of phenols is 2. The van der Waals surface area contributed by atoms with Crippen LogP contribution in [0.4, 0.5) is 0 Å². The fourth-order valence-electron chi connectivity index (χ4n) is 1.72. The van der Waals surface area contributed by atoms with E-state index in [0.29, 0.717) is 10.7 Å². The topological polar surface area (TPSA) is 83.3 Å². The van der Waals surface area contributed by atoms with E-state index in [9.17, 15) is 15.0 Å². The van der Waals surface area contributed by atoms with Crippen LogP contribution in [0.25, 0.3) is 0 Å². The maximum Gasteiger partial charge on any atom is 0.188 e. The minimum atomic E-state index is -0.302. The smallest absolute Gasteiger partial charge is 0.188 e. The molecule has 2 rings (SSSR count). The van der Waals surface area contributed by atoms with E-state index in [2.05, 4.69) is 9.97 Å². The lowest BCUT2D eigenvalue weighted by molar-refractivity contribution is 0.102. The van der Waals surface area contributed by atoms with Gasteiger partial charge in [0.05, 0.1) is 5.75 Å². The lowest BCUT2D eigenvalue weighted by atomic mass is 10.1. The summed E-state index contributed by atoms with van der Waals surface area (Å²) in [4.78, 5) is 20.7.